The molecule has 1 amide bonds. The standard InChI is InChI=1S/C27H35F3N6O2/c28-27(29,30)38-23-9-7-20(8-10-23)25(37)36-16-5-6-22(19-36)35-17-12-21(18-35)32-26-31-13-11-24(33-26)34-14-3-1-2-4-15-34/h7-11,13,21-22H,1-6,12,14-19H2,(H,31,32,33). The molecule has 38 heavy (non-hydrogen) atoms. The first-order chi connectivity index (χ1) is 18.3. The number of hydrogen-bond donors (Lipinski definition) is 1. The van der Waals surface area contributed by atoms with Crippen LogP contribution in [0.15, 0.2) is 36.5 Å². The number of anilines is 2. The molecule has 2 atom stereocenters. The molecule has 2 unspecified atom stereocenters. The van der Waals surface area contributed by atoms with Crippen LogP contribution in [0.4, 0.5) is 24.9 Å². The molecular formula is C27H35F3N6O2. The van der Waals surface area contributed by atoms with Gasteiger partial charge < -0.3 is 19.9 Å². The van der Waals surface area contributed by atoms with Gasteiger partial charge in [0.15, 0.2) is 0 Å². The molecule has 8 nitrogen and oxygen atoms in total. The number of alkyl halides is 3. The van der Waals surface area contributed by atoms with Gasteiger partial charge in [0.25, 0.3) is 5.91 Å². The molecule has 4 heterocycles. The number of rotatable bonds is 6. The van der Waals surface area contributed by atoms with Crippen LogP contribution in [0, 0.1) is 0 Å². The Hall–Kier alpha value is -3.08. The lowest BCUT2D eigenvalue weighted by Crippen LogP contribution is -2.49. The largest absolute Gasteiger partial charge is 0.573 e. The summed E-state index contributed by atoms with van der Waals surface area (Å²) in [5.41, 5.74) is 0.363. The van der Waals surface area contributed by atoms with E-state index in [0.717, 1.165) is 51.3 Å². The quantitative estimate of drug-likeness (QED) is 0.585. The Morgan fingerprint density at radius 1 is 0.921 bits per heavy atom. The second-order valence-corrected chi connectivity index (χ2v) is 10.4. The molecule has 0 saturated carbocycles. The Balaban J connectivity index is 1.14. The van der Waals surface area contributed by atoms with Gasteiger partial charge in [-0.15, -0.1) is 13.2 Å². The lowest BCUT2D eigenvalue weighted by Gasteiger charge is -2.37. The highest BCUT2D eigenvalue weighted by molar-refractivity contribution is 5.94. The van der Waals surface area contributed by atoms with E-state index in [1.807, 2.05) is 17.2 Å². The third-order valence-corrected chi connectivity index (χ3v) is 7.66. The summed E-state index contributed by atoms with van der Waals surface area (Å²) in [6, 6.07) is 7.62. The predicted molar refractivity (Wildman–Crippen MR) is 138 cm³/mol. The normalized spacial score (nSPS) is 23.2. The van der Waals surface area contributed by atoms with E-state index >= 15 is 0 Å². The molecule has 3 fully saturated rings. The average molecular weight is 533 g/mol. The number of halogens is 3. The molecule has 1 aromatic heterocycles. The van der Waals surface area contributed by atoms with Crippen molar-refractivity contribution < 1.29 is 22.7 Å². The Bertz CT molecular complexity index is 1080. The maximum Gasteiger partial charge on any atom is 0.573 e. The van der Waals surface area contributed by atoms with E-state index in [9.17, 15) is 18.0 Å². The number of piperidine rings is 1. The molecule has 0 aliphatic carbocycles. The third kappa shape index (κ3) is 6.86. The minimum absolute atomic E-state index is 0.166. The molecule has 206 valence electrons. The number of amides is 1. The number of likely N-dealkylation sites (tertiary alicyclic amines) is 2. The van der Waals surface area contributed by atoms with Crippen molar-refractivity contribution in [2.75, 3.05) is 49.5 Å². The van der Waals surface area contributed by atoms with Gasteiger partial charge in [-0.1, -0.05) is 12.8 Å². The zero-order chi connectivity index (χ0) is 26.5. The van der Waals surface area contributed by atoms with Crippen molar-refractivity contribution in [3.63, 3.8) is 0 Å². The Morgan fingerprint density at radius 2 is 1.68 bits per heavy atom. The van der Waals surface area contributed by atoms with Gasteiger partial charge in [0.2, 0.25) is 5.95 Å². The highest BCUT2D eigenvalue weighted by Gasteiger charge is 2.34. The van der Waals surface area contributed by atoms with Crippen molar-refractivity contribution in [3.8, 4) is 5.75 Å². The van der Waals surface area contributed by atoms with E-state index in [-0.39, 0.29) is 23.7 Å². The van der Waals surface area contributed by atoms with Gasteiger partial charge in [0.05, 0.1) is 0 Å². The smallest absolute Gasteiger partial charge is 0.406 e. The number of nitrogens with zero attached hydrogens (tertiary/aromatic N) is 5. The molecule has 5 rings (SSSR count). The Labute approximate surface area is 221 Å². The van der Waals surface area contributed by atoms with Gasteiger partial charge in [-0.3, -0.25) is 9.69 Å². The first-order valence-electron chi connectivity index (χ1n) is 13.6. The summed E-state index contributed by atoms with van der Waals surface area (Å²) in [6.45, 7) is 5.11. The van der Waals surface area contributed by atoms with E-state index in [4.69, 9.17) is 4.98 Å². The van der Waals surface area contributed by atoms with E-state index < -0.39 is 6.36 Å². The molecule has 1 N–H and O–H groups in total. The van der Waals surface area contributed by atoms with Crippen LogP contribution in [0.1, 0.15) is 55.3 Å². The number of ether oxygens (including phenoxy) is 1. The number of nitrogens with one attached hydrogen (secondary N) is 1. The lowest BCUT2D eigenvalue weighted by atomic mass is 10.0. The van der Waals surface area contributed by atoms with Crippen LogP contribution in [0.2, 0.25) is 0 Å². The molecule has 1 aromatic carbocycles. The summed E-state index contributed by atoms with van der Waals surface area (Å²) in [7, 11) is 0. The van der Waals surface area contributed by atoms with Crippen LogP contribution in [0.5, 0.6) is 5.75 Å². The van der Waals surface area contributed by atoms with Gasteiger partial charge >= 0.3 is 6.36 Å². The molecule has 0 radical (unpaired) electrons. The van der Waals surface area contributed by atoms with Crippen LogP contribution in [0.25, 0.3) is 0 Å². The first kappa shape index (κ1) is 26.5. The molecule has 3 aliphatic heterocycles. The minimum Gasteiger partial charge on any atom is -0.406 e. The molecule has 3 aliphatic rings. The van der Waals surface area contributed by atoms with Crippen LogP contribution in [-0.4, -0.2) is 83.4 Å². The maximum absolute atomic E-state index is 13.1. The van der Waals surface area contributed by atoms with Crippen molar-refractivity contribution in [2.24, 2.45) is 0 Å². The van der Waals surface area contributed by atoms with Crippen LogP contribution >= 0.6 is 0 Å². The summed E-state index contributed by atoms with van der Waals surface area (Å²) < 4.78 is 41.2. The van der Waals surface area contributed by atoms with E-state index in [1.165, 1.54) is 49.9 Å². The summed E-state index contributed by atoms with van der Waals surface area (Å²) in [4.78, 5) is 28.9. The zero-order valence-corrected chi connectivity index (χ0v) is 21.5. The molecule has 3 saturated heterocycles. The third-order valence-electron chi connectivity index (χ3n) is 7.66. The van der Waals surface area contributed by atoms with E-state index in [1.54, 1.807) is 0 Å². The van der Waals surface area contributed by atoms with Crippen LogP contribution in [0.3, 0.4) is 0 Å². The highest BCUT2D eigenvalue weighted by atomic mass is 19.4. The SMILES string of the molecule is O=C(c1ccc(OC(F)(F)F)cc1)N1CCCC(N2CCC(Nc3nccc(N4CCCCCC4)n3)C2)C1. The second-order valence-electron chi connectivity index (χ2n) is 10.4. The number of carbonyl (C=O) groups is 1. The number of carbonyl (C=O) groups excluding carboxylic acids is 1. The van der Waals surface area contributed by atoms with Gasteiger partial charge in [-0.25, -0.2) is 4.98 Å². The van der Waals surface area contributed by atoms with Crippen LogP contribution < -0.4 is 15.0 Å². The van der Waals surface area contributed by atoms with Crippen molar-refractivity contribution in [1.29, 1.82) is 0 Å². The van der Waals surface area contributed by atoms with Crippen molar-refractivity contribution >= 4 is 17.7 Å². The molecule has 0 bridgehead atoms. The number of hydrogen-bond acceptors (Lipinski definition) is 7. The molecule has 11 heteroatoms. The summed E-state index contributed by atoms with van der Waals surface area (Å²) >= 11 is 0. The topological polar surface area (TPSA) is 73.8 Å². The fraction of sp³-hybridized carbons (Fsp3) is 0.593. The van der Waals surface area contributed by atoms with Gasteiger partial charge in [0, 0.05) is 63.1 Å². The molecular weight excluding hydrogens is 497 g/mol. The van der Waals surface area contributed by atoms with Crippen molar-refractivity contribution in [1.82, 2.24) is 19.8 Å². The van der Waals surface area contributed by atoms with E-state index in [0.29, 0.717) is 24.6 Å². The number of aromatic nitrogens is 2. The summed E-state index contributed by atoms with van der Waals surface area (Å²) in [5, 5.41) is 3.52. The molecule has 0 spiro atoms. The van der Waals surface area contributed by atoms with Crippen molar-refractivity contribution in [3.05, 3.63) is 42.1 Å². The predicted octanol–water partition coefficient (Wildman–Crippen LogP) is 4.55. The van der Waals surface area contributed by atoms with Gasteiger partial charge in [-0.05, 0) is 62.4 Å². The Kier molecular flexibility index (Phi) is 8.21. The first-order valence-corrected chi connectivity index (χ1v) is 13.6. The minimum atomic E-state index is -4.75. The fourth-order valence-electron chi connectivity index (χ4n) is 5.73. The Morgan fingerprint density at radius 3 is 2.42 bits per heavy atom. The number of benzene rings is 1. The van der Waals surface area contributed by atoms with Gasteiger partial charge in [-0.2, -0.15) is 4.98 Å². The van der Waals surface area contributed by atoms with Gasteiger partial charge in [0.1, 0.15) is 11.6 Å². The maximum atomic E-state index is 13.1. The van der Waals surface area contributed by atoms with Crippen LogP contribution in [-0.2, 0) is 0 Å². The monoisotopic (exact) mass is 532 g/mol. The van der Waals surface area contributed by atoms with E-state index in [2.05, 4.69) is 24.8 Å². The fourth-order valence-corrected chi connectivity index (χ4v) is 5.73. The average Bonchev–Trinajstić information content (AvgIpc) is 3.20. The lowest BCUT2D eigenvalue weighted by molar-refractivity contribution is -0.274. The summed E-state index contributed by atoms with van der Waals surface area (Å²) in [6.07, 6.45) is 4.89. The zero-order valence-electron chi connectivity index (χ0n) is 21.5. The second kappa shape index (κ2) is 11.8. The molecule has 2 aromatic rings. The highest BCUT2D eigenvalue weighted by Crippen LogP contribution is 2.26. The summed E-state index contributed by atoms with van der Waals surface area (Å²) in [5.74, 6) is 1.15. The van der Waals surface area contributed by atoms with Crippen molar-refractivity contribution in [2.45, 2.75) is 63.4 Å².